The van der Waals surface area contributed by atoms with Gasteiger partial charge >= 0.3 is 5.69 Å². The summed E-state index contributed by atoms with van der Waals surface area (Å²) in [5.74, 6) is 0. The van der Waals surface area contributed by atoms with Crippen molar-refractivity contribution < 1.29 is 0 Å². The number of hydrogen-bond acceptors (Lipinski definition) is 3. The van der Waals surface area contributed by atoms with Crippen LogP contribution in [0.15, 0.2) is 32.3 Å². The number of hydrogen-bond donors (Lipinski definition) is 1. The highest BCUT2D eigenvalue weighted by molar-refractivity contribution is 9.10. The van der Waals surface area contributed by atoms with Crippen molar-refractivity contribution in [3.63, 3.8) is 0 Å². The third kappa shape index (κ3) is 3.17. The first-order chi connectivity index (χ1) is 9.82. The minimum atomic E-state index is -0.376. The smallest absolute Gasteiger partial charge is 0.330 e. The molecule has 1 heterocycles. The molecule has 1 N–H and O–H groups in total. The van der Waals surface area contributed by atoms with E-state index in [1.807, 2.05) is 0 Å². The molecule has 2 aromatic rings. The highest BCUT2D eigenvalue weighted by Gasteiger charge is 2.10. The van der Waals surface area contributed by atoms with Gasteiger partial charge in [-0.2, -0.15) is 0 Å². The Morgan fingerprint density at radius 2 is 1.81 bits per heavy atom. The van der Waals surface area contributed by atoms with Crippen LogP contribution in [0.2, 0.25) is 10.0 Å². The minimum Gasteiger partial charge on any atom is -0.378 e. The van der Waals surface area contributed by atoms with Gasteiger partial charge in [0.2, 0.25) is 0 Å². The molecule has 1 aromatic carbocycles. The maximum atomic E-state index is 11.8. The fourth-order valence-electron chi connectivity index (χ4n) is 1.80. The van der Waals surface area contributed by atoms with Gasteiger partial charge in [0.1, 0.15) is 0 Å². The minimum absolute atomic E-state index is 0.277. The van der Waals surface area contributed by atoms with Gasteiger partial charge in [-0.3, -0.25) is 13.9 Å². The van der Waals surface area contributed by atoms with Gasteiger partial charge in [0.15, 0.2) is 0 Å². The molecular formula is C13H12BrCl2N3O2. The monoisotopic (exact) mass is 391 g/mol. The quantitative estimate of drug-likeness (QED) is 0.817. The Hall–Kier alpha value is -1.24. The van der Waals surface area contributed by atoms with Gasteiger partial charge in [0.05, 0.1) is 22.3 Å². The molecule has 8 heteroatoms. The topological polar surface area (TPSA) is 56.0 Å². The van der Waals surface area contributed by atoms with Crippen molar-refractivity contribution in [2.45, 2.75) is 6.54 Å². The second-order valence-electron chi connectivity index (χ2n) is 4.45. The lowest BCUT2D eigenvalue weighted by molar-refractivity contribution is 0.655. The maximum Gasteiger partial charge on any atom is 0.330 e. The molecule has 5 nitrogen and oxygen atoms in total. The number of halogens is 3. The van der Waals surface area contributed by atoms with Crippen LogP contribution in [-0.2, 0) is 20.6 Å². The molecule has 2 rings (SSSR count). The molecule has 0 amide bonds. The lowest BCUT2D eigenvalue weighted by Crippen LogP contribution is -2.38. The fraction of sp³-hybridized carbons (Fsp3) is 0.231. The van der Waals surface area contributed by atoms with Crippen LogP contribution in [0.1, 0.15) is 5.69 Å². The van der Waals surface area contributed by atoms with Gasteiger partial charge in [-0.05, 0) is 28.1 Å². The molecule has 0 fully saturated rings. The largest absolute Gasteiger partial charge is 0.378 e. The van der Waals surface area contributed by atoms with Crippen LogP contribution in [0.4, 0.5) is 5.69 Å². The number of rotatable bonds is 3. The van der Waals surface area contributed by atoms with Crippen LogP contribution in [0.5, 0.6) is 0 Å². The Kier molecular flexibility index (Phi) is 4.81. The average molecular weight is 393 g/mol. The molecule has 0 radical (unpaired) electrons. The molecule has 0 aliphatic heterocycles. The van der Waals surface area contributed by atoms with E-state index < -0.39 is 0 Å². The van der Waals surface area contributed by atoms with E-state index in [1.54, 1.807) is 19.2 Å². The second kappa shape index (κ2) is 6.25. The molecule has 0 saturated heterocycles. The summed E-state index contributed by atoms with van der Waals surface area (Å²) in [5, 5.41) is 3.84. The van der Waals surface area contributed by atoms with E-state index in [2.05, 4.69) is 21.2 Å². The molecular weight excluding hydrogens is 381 g/mol. The summed E-state index contributed by atoms with van der Waals surface area (Å²) in [4.78, 5) is 23.5. The van der Waals surface area contributed by atoms with E-state index in [0.29, 0.717) is 25.9 Å². The van der Waals surface area contributed by atoms with Gasteiger partial charge in [0.25, 0.3) is 5.56 Å². The normalized spacial score (nSPS) is 10.7. The lowest BCUT2D eigenvalue weighted by atomic mass is 10.3. The van der Waals surface area contributed by atoms with Crippen molar-refractivity contribution in [3.8, 4) is 0 Å². The number of nitrogens with one attached hydrogen (secondary N) is 1. The Labute approximate surface area is 139 Å². The van der Waals surface area contributed by atoms with Gasteiger partial charge in [-0.25, -0.2) is 4.79 Å². The Morgan fingerprint density at radius 1 is 1.14 bits per heavy atom. The zero-order valence-corrected chi connectivity index (χ0v) is 14.4. The van der Waals surface area contributed by atoms with E-state index >= 15 is 0 Å². The molecule has 0 bridgehead atoms. The van der Waals surface area contributed by atoms with Gasteiger partial charge < -0.3 is 5.32 Å². The summed E-state index contributed by atoms with van der Waals surface area (Å²) in [6, 6.07) is 4.93. The van der Waals surface area contributed by atoms with Crippen LogP contribution in [0, 0.1) is 0 Å². The third-order valence-electron chi connectivity index (χ3n) is 3.12. The first-order valence-corrected chi connectivity index (χ1v) is 7.51. The summed E-state index contributed by atoms with van der Waals surface area (Å²) in [5.41, 5.74) is 0.449. The molecule has 112 valence electrons. The number of benzene rings is 1. The summed E-state index contributed by atoms with van der Waals surface area (Å²) in [6.07, 6.45) is 0. The number of anilines is 1. The van der Waals surface area contributed by atoms with Gasteiger partial charge in [-0.15, -0.1) is 0 Å². The van der Waals surface area contributed by atoms with Gasteiger partial charge in [-0.1, -0.05) is 23.2 Å². The van der Waals surface area contributed by atoms with E-state index in [9.17, 15) is 9.59 Å². The van der Waals surface area contributed by atoms with Crippen LogP contribution >= 0.6 is 39.1 Å². The van der Waals surface area contributed by atoms with Crippen LogP contribution in [-0.4, -0.2) is 9.13 Å². The highest BCUT2D eigenvalue weighted by atomic mass is 79.9. The van der Waals surface area contributed by atoms with E-state index in [-0.39, 0.29) is 17.8 Å². The van der Waals surface area contributed by atoms with Crippen molar-refractivity contribution in [2.75, 3.05) is 5.32 Å². The fourth-order valence-corrected chi connectivity index (χ4v) is 2.64. The Morgan fingerprint density at radius 3 is 2.48 bits per heavy atom. The third-order valence-corrected chi connectivity index (χ3v) is 4.89. The van der Waals surface area contributed by atoms with Crippen molar-refractivity contribution in [2.24, 2.45) is 14.1 Å². The number of nitrogens with zero attached hydrogens (tertiary/aromatic N) is 2. The zero-order valence-electron chi connectivity index (χ0n) is 11.3. The molecule has 0 unspecified atom stereocenters. The first kappa shape index (κ1) is 16.1. The molecule has 0 atom stereocenters. The highest BCUT2D eigenvalue weighted by Crippen LogP contribution is 2.35. The number of aromatic nitrogens is 2. The first-order valence-electron chi connectivity index (χ1n) is 5.96. The SMILES string of the molecule is Cn1c(CNc2ccc(Br)c(Cl)c2Cl)cc(=O)n(C)c1=O. The van der Waals surface area contributed by atoms with E-state index in [4.69, 9.17) is 23.2 Å². The zero-order chi connectivity index (χ0) is 15.7. The van der Waals surface area contributed by atoms with E-state index in [0.717, 1.165) is 4.57 Å². The molecule has 0 aliphatic carbocycles. The molecule has 0 aliphatic rings. The summed E-state index contributed by atoms with van der Waals surface area (Å²) in [7, 11) is 3.04. The molecule has 1 aromatic heterocycles. The van der Waals surface area contributed by atoms with Crippen molar-refractivity contribution >= 4 is 44.8 Å². The predicted molar refractivity (Wildman–Crippen MR) is 88.4 cm³/mol. The summed E-state index contributed by atoms with van der Waals surface area (Å²) in [6.45, 7) is 0.277. The van der Waals surface area contributed by atoms with Crippen LogP contribution < -0.4 is 16.6 Å². The summed E-state index contributed by atoms with van der Waals surface area (Å²) >= 11 is 15.5. The standard InChI is InChI=1S/C13H12BrCl2N3O2/c1-18-7(5-10(20)19(2)13(18)21)6-17-9-4-3-8(14)11(15)12(9)16/h3-5,17H,6H2,1-2H3. The molecule has 21 heavy (non-hydrogen) atoms. The molecule has 0 spiro atoms. The van der Waals surface area contributed by atoms with E-state index in [1.165, 1.54) is 17.7 Å². The Balaban J connectivity index is 2.32. The predicted octanol–water partition coefficient (Wildman–Crippen LogP) is 2.77. The van der Waals surface area contributed by atoms with Crippen molar-refractivity contribution in [1.29, 1.82) is 0 Å². The maximum absolute atomic E-state index is 11.8. The second-order valence-corrected chi connectivity index (χ2v) is 6.06. The van der Waals surface area contributed by atoms with Crippen molar-refractivity contribution in [3.05, 3.63) is 59.2 Å². The van der Waals surface area contributed by atoms with Gasteiger partial charge in [0, 0.05) is 30.3 Å². The molecule has 0 saturated carbocycles. The lowest BCUT2D eigenvalue weighted by Gasteiger charge is -2.13. The Bertz CT molecular complexity index is 814. The van der Waals surface area contributed by atoms with Crippen LogP contribution in [0.3, 0.4) is 0 Å². The average Bonchev–Trinajstić information content (AvgIpc) is 2.46. The summed E-state index contributed by atoms with van der Waals surface area (Å²) < 4.78 is 3.15. The van der Waals surface area contributed by atoms with Crippen LogP contribution in [0.25, 0.3) is 0 Å². The van der Waals surface area contributed by atoms with Crippen molar-refractivity contribution in [1.82, 2.24) is 9.13 Å².